The minimum atomic E-state index is 0.451. The summed E-state index contributed by atoms with van der Waals surface area (Å²) in [5.41, 5.74) is 1.74. The average Bonchev–Trinajstić information content (AvgIpc) is 2.29. The van der Waals surface area contributed by atoms with Crippen molar-refractivity contribution in [3.05, 3.63) is 33.3 Å². The summed E-state index contributed by atoms with van der Waals surface area (Å²) in [6.07, 6.45) is 6.33. The molecule has 18 heavy (non-hydrogen) atoms. The zero-order valence-corrected chi connectivity index (χ0v) is 13.3. The molecule has 1 saturated carbocycles. The lowest BCUT2D eigenvalue weighted by atomic mass is 9.65. The van der Waals surface area contributed by atoms with Gasteiger partial charge in [-0.05, 0) is 55.3 Å². The maximum absolute atomic E-state index is 6.33. The van der Waals surface area contributed by atoms with Gasteiger partial charge in [0.25, 0.3) is 0 Å². The van der Waals surface area contributed by atoms with Crippen LogP contribution < -0.4 is 5.32 Å². The number of halogens is 2. The molecular weight excluding hydrogens is 310 g/mol. The Hall–Kier alpha value is -0.0500. The number of nitrogens with one attached hydrogen (secondary N) is 1. The van der Waals surface area contributed by atoms with Gasteiger partial charge in [-0.1, -0.05) is 46.9 Å². The standard InChI is InChI=1S/C15H21BrClN/c1-2-8-18-11-15(6-3-7-15)10-12-4-5-13(16)9-14(12)17/h4-5,9,18H,2-3,6-8,10-11H2,1H3. The lowest BCUT2D eigenvalue weighted by Crippen LogP contribution is -2.42. The molecule has 2 rings (SSSR count). The lowest BCUT2D eigenvalue weighted by Gasteiger charge is -2.42. The predicted molar refractivity (Wildman–Crippen MR) is 82.3 cm³/mol. The summed E-state index contributed by atoms with van der Waals surface area (Å²) in [6.45, 7) is 4.47. The van der Waals surface area contributed by atoms with E-state index in [1.807, 2.05) is 6.07 Å². The molecule has 0 amide bonds. The highest BCUT2D eigenvalue weighted by atomic mass is 79.9. The Labute approximate surface area is 123 Å². The fraction of sp³-hybridized carbons (Fsp3) is 0.600. The minimum absolute atomic E-state index is 0.451. The summed E-state index contributed by atoms with van der Waals surface area (Å²) in [5.74, 6) is 0. The molecule has 0 radical (unpaired) electrons. The molecule has 0 saturated heterocycles. The van der Waals surface area contributed by atoms with Crippen molar-refractivity contribution in [3.63, 3.8) is 0 Å². The summed E-state index contributed by atoms with van der Waals surface area (Å²) in [4.78, 5) is 0. The van der Waals surface area contributed by atoms with E-state index < -0.39 is 0 Å². The summed E-state index contributed by atoms with van der Waals surface area (Å²) in [7, 11) is 0. The van der Waals surface area contributed by atoms with Crippen molar-refractivity contribution in [2.24, 2.45) is 5.41 Å². The molecule has 1 aromatic carbocycles. The second-order valence-corrected chi connectivity index (χ2v) is 6.77. The predicted octanol–water partition coefficient (Wildman–Crippen LogP) is 4.81. The van der Waals surface area contributed by atoms with Crippen LogP contribution in [0.4, 0.5) is 0 Å². The summed E-state index contributed by atoms with van der Waals surface area (Å²) < 4.78 is 1.06. The molecule has 1 N–H and O–H groups in total. The Kier molecular flexibility index (Phi) is 5.11. The Morgan fingerprint density at radius 1 is 1.39 bits per heavy atom. The smallest absolute Gasteiger partial charge is 0.0449 e. The number of rotatable bonds is 6. The van der Waals surface area contributed by atoms with Crippen LogP contribution in [-0.4, -0.2) is 13.1 Å². The molecule has 0 spiro atoms. The van der Waals surface area contributed by atoms with E-state index in [1.165, 1.54) is 31.2 Å². The van der Waals surface area contributed by atoms with Crippen LogP contribution >= 0.6 is 27.5 Å². The summed E-state index contributed by atoms with van der Waals surface area (Å²) >= 11 is 9.79. The Balaban J connectivity index is 2.01. The van der Waals surface area contributed by atoms with E-state index in [2.05, 4.69) is 40.3 Å². The Morgan fingerprint density at radius 3 is 2.72 bits per heavy atom. The van der Waals surface area contributed by atoms with Crippen LogP contribution in [0, 0.1) is 5.41 Å². The largest absolute Gasteiger partial charge is 0.316 e. The van der Waals surface area contributed by atoms with Gasteiger partial charge in [0, 0.05) is 16.0 Å². The third-order valence-electron chi connectivity index (χ3n) is 3.92. The molecule has 100 valence electrons. The van der Waals surface area contributed by atoms with E-state index in [9.17, 15) is 0 Å². The molecule has 1 nitrogen and oxygen atoms in total. The molecule has 0 aromatic heterocycles. The second kappa shape index (κ2) is 6.40. The quantitative estimate of drug-likeness (QED) is 0.738. The van der Waals surface area contributed by atoms with Crippen LogP contribution in [0.3, 0.4) is 0 Å². The molecule has 1 aromatic rings. The third kappa shape index (κ3) is 3.49. The molecule has 0 bridgehead atoms. The van der Waals surface area contributed by atoms with Crippen molar-refractivity contribution in [1.29, 1.82) is 0 Å². The first-order chi connectivity index (χ1) is 8.65. The van der Waals surface area contributed by atoms with Crippen molar-refractivity contribution in [3.8, 4) is 0 Å². The van der Waals surface area contributed by atoms with E-state index in [-0.39, 0.29) is 0 Å². The first-order valence-electron chi connectivity index (χ1n) is 6.80. The molecular formula is C15H21BrClN. The van der Waals surface area contributed by atoms with Crippen LogP contribution in [0.25, 0.3) is 0 Å². The van der Waals surface area contributed by atoms with E-state index in [0.717, 1.165) is 29.0 Å². The van der Waals surface area contributed by atoms with Crippen molar-refractivity contribution >= 4 is 27.5 Å². The minimum Gasteiger partial charge on any atom is -0.316 e. The van der Waals surface area contributed by atoms with Crippen molar-refractivity contribution < 1.29 is 0 Å². The second-order valence-electron chi connectivity index (χ2n) is 5.44. The summed E-state index contributed by atoms with van der Waals surface area (Å²) in [5, 5.41) is 4.47. The van der Waals surface area contributed by atoms with Crippen LogP contribution in [0.5, 0.6) is 0 Å². The van der Waals surface area contributed by atoms with Crippen molar-refractivity contribution in [2.75, 3.05) is 13.1 Å². The number of benzene rings is 1. The topological polar surface area (TPSA) is 12.0 Å². The highest BCUT2D eigenvalue weighted by molar-refractivity contribution is 9.10. The van der Waals surface area contributed by atoms with Crippen LogP contribution in [0.2, 0.25) is 5.02 Å². The Morgan fingerprint density at radius 2 is 2.17 bits per heavy atom. The van der Waals surface area contributed by atoms with Gasteiger partial charge >= 0.3 is 0 Å². The van der Waals surface area contributed by atoms with Gasteiger partial charge in [0.1, 0.15) is 0 Å². The van der Waals surface area contributed by atoms with Crippen molar-refractivity contribution in [1.82, 2.24) is 5.32 Å². The first-order valence-corrected chi connectivity index (χ1v) is 7.97. The molecule has 0 heterocycles. The normalized spacial score (nSPS) is 17.5. The van der Waals surface area contributed by atoms with E-state index >= 15 is 0 Å². The average molecular weight is 331 g/mol. The molecule has 0 aliphatic heterocycles. The van der Waals surface area contributed by atoms with E-state index in [4.69, 9.17) is 11.6 Å². The number of hydrogen-bond donors (Lipinski definition) is 1. The highest BCUT2D eigenvalue weighted by Crippen LogP contribution is 2.44. The van der Waals surface area contributed by atoms with Crippen molar-refractivity contribution in [2.45, 2.75) is 39.0 Å². The summed E-state index contributed by atoms with van der Waals surface area (Å²) in [6, 6.07) is 6.25. The molecule has 1 aliphatic rings. The van der Waals surface area contributed by atoms with Crippen LogP contribution in [0.15, 0.2) is 22.7 Å². The third-order valence-corrected chi connectivity index (χ3v) is 4.77. The van der Waals surface area contributed by atoms with Crippen LogP contribution in [-0.2, 0) is 6.42 Å². The highest BCUT2D eigenvalue weighted by Gasteiger charge is 2.36. The fourth-order valence-electron chi connectivity index (χ4n) is 2.69. The van der Waals surface area contributed by atoms with Gasteiger partial charge in [0.05, 0.1) is 0 Å². The van der Waals surface area contributed by atoms with Crippen LogP contribution in [0.1, 0.15) is 38.2 Å². The molecule has 0 unspecified atom stereocenters. The first kappa shape index (κ1) is 14.4. The van der Waals surface area contributed by atoms with Gasteiger partial charge in [-0.25, -0.2) is 0 Å². The molecule has 0 atom stereocenters. The molecule has 1 fully saturated rings. The monoisotopic (exact) mass is 329 g/mol. The van der Waals surface area contributed by atoms with Gasteiger partial charge in [-0.15, -0.1) is 0 Å². The van der Waals surface area contributed by atoms with Gasteiger partial charge in [0.15, 0.2) is 0 Å². The van der Waals surface area contributed by atoms with E-state index in [0.29, 0.717) is 5.41 Å². The Bertz CT molecular complexity index is 401. The molecule has 3 heteroatoms. The maximum atomic E-state index is 6.33. The van der Waals surface area contributed by atoms with E-state index in [1.54, 1.807) is 0 Å². The maximum Gasteiger partial charge on any atom is 0.0449 e. The van der Waals surface area contributed by atoms with Gasteiger partial charge in [-0.2, -0.15) is 0 Å². The molecule has 1 aliphatic carbocycles. The number of hydrogen-bond acceptors (Lipinski definition) is 1. The van der Waals surface area contributed by atoms with Gasteiger partial charge in [0.2, 0.25) is 0 Å². The zero-order valence-electron chi connectivity index (χ0n) is 10.9. The fourth-order valence-corrected chi connectivity index (χ4v) is 3.43. The zero-order chi connectivity index (χ0) is 13.0. The van der Waals surface area contributed by atoms with Gasteiger partial charge in [-0.3, -0.25) is 0 Å². The lowest BCUT2D eigenvalue weighted by molar-refractivity contribution is 0.130. The SMILES string of the molecule is CCCNCC1(Cc2ccc(Br)cc2Cl)CCC1. The van der Waals surface area contributed by atoms with Gasteiger partial charge < -0.3 is 5.32 Å².